The standard InChI is InChI=1S/C31H39N5O6S/c1-23(36(41)22-37)26(16-10-15-24-11-4-2-5-12-24)28(38)34-27(29(39)35-30-32-19-20-43-30)17-8-9-18-33-31(40)42-21-25-13-6-3-7-14-25/h2-7,11-14,19-20,22-23,26-27,41H,8-10,15-18,21H2,1H3,(H,33,40)(H,34,38)(H,32,35,39)/t23-,26+,27-/m0/s1. The largest absolute Gasteiger partial charge is 0.445 e. The van der Waals surface area contributed by atoms with Crippen LogP contribution in [0.1, 0.15) is 50.2 Å². The Morgan fingerprint density at radius 3 is 2.33 bits per heavy atom. The number of benzene rings is 2. The zero-order chi connectivity index (χ0) is 30.9. The molecular formula is C31H39N5O6S. The fourth-order valence-corrected chi connectivity index (χ4v) is 5.04. The third-order valence-electron chi connectivity index (χ3n) is 6.96. The highest BCUT2D eigenvalue weighted by Gasteiger charge is 2.31. The summed E-state index contributed by atoms with van der Waals surface area (Å²) < 4.78 is 5.22. The number of amides is 4. The minimum absolute atomic E-state index is 0.165. The van der Waals surface area contributed by atoms with Gasteiger partial charge in [0.2, 0.25) is 18.2 Å². The van der Waals surface area contributed by atoms with E-state index in [4.69, 9.17) is 4.74 Å². The van der Waals surface area contributed by atoms with Crippen LogP contribution in [0.15, 0.2) is 72.2 Å². The summed E-state index contributed by atoms with van der Waals surface area (Å²) in [5, 5.41) is 21.0. The van der Waals surface area contributed by atoms with E-state index in [1.54, 1.807) is 18.5 Å². The Balaban J connectivity index is 1.56. The van der Waals surface area contributed by atoms with Crippen LogP contribution < -0.4 is 16.0 Å². The van der Waals surface area contributed by atoms with Crippen molar-refractivity contribution < 1.29 is 29.1 Å². The molecule has 4 N–H and O–H groups in total. The van der Waals surface area contributed by atoms with Crippen molar-refractivity contribution >= 4 is 40.8 Å². The van der Waals surface area contributed by atoms with Gasteiger partial charge in [-0.15, -0.1) is 11.3 Å². The second-order valence-corrected chi connectivity index (χ2v) is 11.0. The molecule has 3 rings (SSSR count). The first-order valence-corrected chi connectivity index (χ1v) is 15.2. The van der Waals surface area contributed by atoms with Crippen molar-refractivity contribution in [3.05, 3.63) is 83.4 Å². The Labute approximate surface area is 255 Å². The molecule has 0 unspecified atom stereocenters. The Morgan fingerprint density at radius 1 is 0.977 bits per heavy atom. The maximum absolute atomic E-state index is 13.5. The SMILES string of the molecule is C[C@@H]([C@@H](CCCc1ccccc1)C(=O)N[C@@H](CCCCNC(=O)OCc1ccccc1)C(=O)Nc1nccs1)N(O)C=O. The fraction of sp³-hybridized carbons (Fsp3) is 0.387. The maximum atomic E-state index is 13.5. The number of anilines is 1. The van der Waals surface area contributed by atoms with Crippen molar-refractivity contribution in [2.75, 3.05) is 11.9 Å². The van der Waals surface area contributed by atoms with Crippen LogP contribution in [0.3, 0.4) is 0 Å². The molecule has 3 aromatic rings. The van der Waals surface area contributed by atoms with Crippen molar-refractivity contribution in [2.45, 2.75) is 64.1 Å². The lowest BCUT2D eigenvalue weighted by Gasteiger charge is -2.28. The predicted octanol–water partition coefficient (Wildman–Crippen LogP) is 4.54. The molecular weight excluding hydrogens is 570 g/mol. The predicted molar refractivity (Wildman–Crippen MR) is 163 cm³/mol. The minimum Gasteiger partial charge on any atom is -0.445 e. The zero-order valence-electron chi connectivity index (χ0n) is 24.2. The highest BCUT2D eigenvalue weighted by Crippen LogP contribution is 2.19. The van der Waals surface area contributed by atoms with Crippen molar-refractivity contribution in [3.63, 3.8) is 0 Å². The summed E-state index contributed by atoms with van der Waals surface area (Å²) in [6, 6.07) is 17.5. The first-order chi connectivity index (χ1) is 20.9. The van der Waals surface area contributed by atoms with Crippen LogP contribution in [0.2, 0.25) is 0 Å². The van der Waals surface area contributed by atoms with Gasteiger partial charge in [0.15, 0.2) is 5.13 Å². The van der Waals surface area contributed by atoms with E-state index in [1.807, 2.05) is 60.7 Å². The number of hydroxylamine groups is 2. The number of thiazole rings is 1. The van der Waals surface area contributed by atoms with Gasteiger partial charge in [0, 0.05) is 18.1 Å². The topological polar surface area (TPSA) is 150 Å². The van der Waals surface area contributed by atoms with E-state index in [0.29, 0.717) is 48.8 Å². The first-order valence-electron chi connectivity index (χ1n) is 14.3. The van der Waals surface area contributed by atoms with E-state index < -0.39 is 35.9 Å². The normalized spacial score (nSPS) is 12.8. The number of ether oxygens (including phenoxy) is 1. The minimum atomic E-state index is -0.895. The maximum Gasteiger partial charge on any atom is 0.407 e. The van der Waals surface area contributed by atoms with Crippen LogP contribution >= 0.6 is 11.3 Å². The Kier molecular flexibility index (Phi) is 14.1. The van der Waals surface area contributed by atoms with E-state index >= 15 is 0 Å². The molecule has 0 saturated heterocycles. The van der Waals surface area contributed by atoms with Crippen LogP contribution in [0.5, 0.6) is 0 Å². The summed E-state index contributed by atoms with van der Waals surface area (Å²) >= 11 is 1.26. The monoisotopic (exact) mass is 609 g/mol. The number of rotatable bonds is 18. The number of nitrogens with one attached hydrogen (secondary N) is 3. The van der Waals surface area contributed by atoms with Crippen LogP contribution in [-0.2, 0) is 32.1 Å². The molecule has 11 nitrogen and oxygen atoms in total. The third kappa shape index (κ3) is 11.8. The van der Waals surface area contributed by atoms with E-state index in [2.05, 4.69) is 20.9 Å². The molecule has 0 aliphatic carbocycles. The van der Waals surface area contributed by atoms with Crippen LogP contribution in [-0.4, -0.2) is 58.2 Å². The molecule has 0 bridgehead atoms. The van der Waals surface area contributed by atoms with E-state index in [0.717, 1.165) is 17.5 Å². The molecule has 0 fully saturated rings. The smallest absolute Gasteiger partial charge is 0.407 e. The summed E-state index contributed by atoms with van der Waals surface area (Å²) in [5.74, 6) is -1.62. The van der Waals surface area contributed by atoms with Gasteiger partial charge in [0.25, 0.3) is 0 Å². The second-order valence-electron chi connectivity index (χ2n) is 10.1. The second kappa shape index (κ2) is 18.3. The molecule has 2 aromatic carbocycles. The molecule has 230 valence electrons. The van der Waals surface area contributed by atoms with Gasteiger partial charge >= 0.3 is 6.09 Å². The van der Waals surface area contributed by atoms with Gasteiger partial charge in [-0.25, -0.2) is 14.8 Å². The van der Waals surface area contributed by atoms with E-state index in [9.17, 15) is 24.4 Å². The average molecular weight is 610 g/mol. The van der Waals surface area contributed by atoms with Crippen molar-refractivity contribution in [1.82, 2.24) is 20.7 Å². The number of unbranched alkanes of at least 4 members (excludes halogenated alkanes) is 1. The number of hydrogen-bond donors (Lipinski definition) is 4. The fourth-order valence-electron chi connectivity index (χ4n) is 4.51. The molecule has 4 amide bonds. The van der Waals surface area contributed by atoms with Gasteiger partial charge in [-0.3, -0.25) is 19.6 Å². The van der Waals surface area contributed by atoms with Gasteiger partial charge in [-0.05, 0) is 56.6 Å². The Bertz CT molecular complexity index is 1260. The van der Waals surface area contributed by atoms with Crippen molar-refractivity contribution in [2.24, 2.45) is 5.92 Å². The summed E-state index contributed by atoms with van der Waals surface area (Å²) in [5.41, 5.74) is 2.00. The lowest BCUT2D eigenvalue weighted by Crippen LogP contribution is -2.50. The molecule has 0 aliphatic rings. The molecule has 0 radical (unpaired) electrons. The van der Waals surface area contributed by atoms with Gasteiger partial charge in [0.05, 0.1) is 12.0 Å². The number of aryl methyl sites for hydroxylation is 1. The number of nitrogens with zero attached hydrogens (tertiary/aromatic N) is 2. The number of alkyl carbamates (subject to hydrolysis) is 1. The Morgan fingerprint density at radius 2 is 1.67 bits per heavy atom. The molecule has 0 spiro atoms. The lowest BCUT2D eigenvalue weighted by molar-refractivity contribution is -0.166. The van der Waals surface area contributed by atoms with Gasteiger partial charge in [-0.1, -0.05) is 60.7 Å². The molecule has 3 atom stereocenters. The molecule has 1 aromatic heterocycles. The number of carbonyl (C=O) groups excluding carboxylic acids is 4. The Hall–Kier alpha value is -4.29. The summed E-state index contributed by atoms with van der Waals surface area (Å²) in [6.45, 7) is 2.09. The summed E-state index contributed by atoms with van der Waals surface area (Å²) in [6.07, 6.45) is 4.41. The van der Waals surface area contributed by atoms with E-state index in [1.165, 1.54) is 11.3 Å². The highest BCUT2D eigenvalue weighted by molar-refractivity contribution is 7.13. The number of carbonyl (C=O) groups is 4. The zero-order valence-corrected chi connectivity index (χ0v) is 25.0. The highest BCUT2D eigenvalue weighted by atomic mass is 32.1. The number of hydrogen-bond acceptors (Lipinski definition) is 8. The average Bonchev–Trinajstić information content (AvgIpc) is 3.54. The molecule has 0 saturated carbocycles. The number of aromatic nitrogens is 1. The van der Waals surface area contributed by atoms with Gasteiger partial charge < -0.3 is 20.7 Å². The molecule has 12 heteroatoms. The lowest BCUT2D eigenvalue weighted by atomic mass is 9.92. The molecule has 43 heavy (non-hydrogen) atoms. The third-order valence-corrected chi connectivity index (χ3v) is 7.65. The van der Waals surface area contributed by atoms with Crippen LogP contribution in [0.4, 0.5) is 9.93 Å². The van der Waals surface area contributed by atoms with E-state index in [-0.39, 0.29) is 13.0 Å². The van der Waals surface area contributed by atoms with Crippen LogP contribution in [0, 0.1) is 5.92 Å². The summed E-state index contributed by atoms with van der Waals surface area (Å²) in [4.78, 5) is 54.0. The molecule has 1 heterocycles. The van der Waals surface area contributed by atoms with Crippen molar-refractivity contribution in [3.8, 4) is 0 Å². The van der Waals surface area contributed by atoms with Gasteiger partial charge in [0.1, 0.15) is 12.6 Å². The first kappa shape index (κ1) is 33.2. The van der Waals surface area contributed by atoms with Crippen LogP contribution in [0.25, 0.3) is 0 Å². The van der Waals surface area contributed by atoms with Crippen molar-refractivity contribution in [1.29, 1.82) is 0 Å². The summed E-state index contributed by atoms with van der Waals surface area (Å²) in [7, 11) is 0. The van der Waals surface area contributed by atoms with Gasteiger partial charge in [-0.2, -0.15) is 0 Å². The molecule has 0 aliphatic heterocycles. The quantitative estimate of drug-likeness (QED) is 0.0716.